The standard InChI is InChI=1S/C33H39BrO10/c1-6-22-10-12-23(13-11-22)14-24-15-26(28(16-27(24)34)43-25-8-7-9-25)30-32(41-20(4)37)33(42-21(5)38)31(40-19(3)36)29(44-30)17-39-18(2)35/h10-13,15-16,25,29-33H,6-9,14,17H2,1-5H3/t29-,30+,31-,32+,33+/m1/s1. The molecule has 0 bridgehead atoms. The predicted molar refractivity (Wildman–Crippen MR) is 162 cm³/mol. The van der Waals surface area contributed by atoms with Crippen molar-refractivity contribution in [1.82, 2.24) is 0 Å². The molecule has 1 saturated heterocycles. The van der Waals surface area contributed by atoms with E-state index >= 15 is 0 Å². The summed E-state index contributed by atoms with van der Waals surface area (Å²) in [6, 6.07) is 12.1. The molecular weight excluding hydrogens is 636 g/mol. The van der Waals surface area contributed by atoms with Gasteiger partial charge in [0, 0.05) is 37.7 Å². The zero-order valence-corrected chi connectivity index (χ0v) is 27.2. The van der Waals surface area contributed by atoms with Crippen molar-refractivity contribution in [1.29, 1.82) is 0 Å². The molecule has 0 spiro atoms. The van der Waals surface area contributed by atoms with Gasteiger partial charge < -0.3 is 28.4 Å². The molecule has 5 atom stereocenters. The maximum absolute atomic E-state index is 12.4. The second-order valence-corrected chi connectivity index (χ2v) is 12.0. The van der Waals surface area contributed by atoms with Crippen molar-refractivity contribution in [3.63, 3.8) is 0 Å². The first-order valence-electron chi connectivity index (χ1n) is 14.8. The first-order chi connectivity index (χ1) is 20.9. The Kier molecular flexibility index (Phi) is 11.4. The molecule has 0 N–H and O–H groups in total. The van der Waals surface area contributed by atoms with E-state index in [0.29, 0.717) is 17.7 Å². The molecule has 1 aliphatic heterocycles. The van der Waals surface area contributed by atoms with Crippen LogP contribution in [-0.2, 0) is 55.7 Å². The third-order valence-corrected chi connectivity index (χ3v) is 8.39. The molecular formula is C33H39BrO10. The smallest absolute Gasteiger partial charge is 0.303 e. The number of carbonyl (C=O) groups is 4. The summed E-state index contributed by atoms with van der Waals surface area (Å²) >= 11 is 3.72. The molecule has 2 fully saturated rings. The van der Waals surface area contributed by atoms with Crippen molar-refractivity contribution in [2.45, 2.75) is 103 Å². The van der Waals surface area contributed by atoms with Crippen molar-refractivity contribution >= 4 is 39.8 Å². The molecule has 10 nitrogen and oxygen atoms in total. The Bertz CT molecular complexity index is 1350. The lowest BCUT2D eigenvalue weighted by molar-refractivity contribution is -0.254. The minimum atomic E-state index is -1.27. The molecule has 2 aromatic rings. The van der Waals surface area contributed by atoms with Crippen LogP contribution >= 0.6 is 15.9 Å². The molecule has 1 saturated carbocycles. The van der Waals surface area contributed by atoms with Crippen LogP contribution in [0.1, 0.15) is 82.2 Å². The Labute approximate surface area is 265 Å². The molecule has 2 aromatic carbocycles. The van der Waals surface area contributed by atoms with Crippen LogP contribution in [0.2, 0.25) is 0 Å². The highest BCUT2D eigenvalue weighted by atomic mass is 79.9. The average molecular weight is 676 g/mol. The van der Waals surface area contributed by atoms with Gasteiger partial charge in [0.05, 0.1) is 6.10 Å². The lowest BCUT2D eigenvalue weighted by Crippen LogP contribution is -2.59. The van der Waals surface area contributed by atoms with Gasteiger partial charge >= 0.3 is 23.9 Å². The summed E-state index contributed by atoms with van der Waals surface area (Å²) in [6.07, 6.45) is -1.50. The van der Waals surface area contributed by atoms with Gasteiger partial charge in [0.2, 0.25) is 0 Å². The molecule has 2 aliphatic rings. The molecule has 1 aliphatic carbocycles. The highest BCUT2D eigenvalue weighted by molar-refractivity contribution is 9.10. The molecule has 11 heteroatoms. The minimum Gasteiger partial charge on any atom is -0.490 e. The number of esters is 4. The van der Waals surface area contributed by atoms with Crippen LogP contribution in [0.4, 0.5) is 0 Å². The number of hydrogen-bond donors (Lipinski definition) is 0. The monoisotopic (exact) mass is 674 g/mol. The second-order valence-electron chi connectivity index (χ2n) is 11.1. The molecule has 0 aromatic heterocycles. The topological polar surface area (TPSA) is 124 Å². The fourth-order valence-electron chi connectivity index (χ4n) is 5.34. The van der Waals surface area contributed by atoms with Gasteiger partial charge in [0.15, 0.2) is 18.3 Å². The lowest BCUT2D eigenvalue weighted by Gasteiger charge is -2.45. The third kappa shape index (κ3) is 8.59. The zero-order valence-electron chi connectivity index (χ0n) is 25.6. The molecule has 1 heterocycles. The van der Waals surface area contributed by atoms with E-state index in [1.807, 2.05) is 12.1 Å². The third-order valence-electron chi connectivity index (χ3n) is 7.65. The van der Waals surface area contributed by atoms with Crippen LogP contribution in [0.15, 0.2) is 40.9 Å². The largest absolute Gasteiger partial charge is 0.490 e. The van der Waals surface area contributed by atoms with Crippen molar-refractivity contribution in [2.75, 3.05) is 6.61 Å². The van der Waals surface area contributed by atoms with Crippen LogP contribution in [0.3, 0.4) is 0 Å². The van der Waals surface area contributed by atoms with Gasteiger partial charge in [-0.2, -0.15) is 0 Å². The lowest BCUT2D eigenvalue weighted by atomic mass is 9.88. The Balaban J connectivity index is 1.84. The van der Waals surface area contributed by atoms with E-state index in [1.165, 1.54) is 33.3 Å². The van der Waals surface area contributed by atoms with Crippen molar-refractivity contribution < 1.29 is 47.6 Å². The number of halogens is 1. The van der Waals surface area contributed by atoms with E-state index in [9.17, 15) is 19.2 Å². The summed E-state index contributed by atoms with van der Waals surface area (Å²) in [5, 5.41) is 0. The molecule has 4 rings (SSSR count). The van der Waals surface area contributed by atoms with Crippen molar-refractivity contribution in [3.05, 3.63) is 63.1 Å². The second kappa shape index (κ2) is 15.0. The van der Waals surface area contributed by atoms with E-state index in [4.69, 9.17) is 28.4 Å². The van der Waals surface area contributed by atoms with E-state index in [2.05, 4.69) is 47.1 Å². The molecule has 0 amide bonds. The van der Waals surface area contributed by atoms with Gasteiger partial charge in [-0.1, -0.05) is 47.1 Å². The normalized spacial score (nSPS) is 23.2. The van der Waals surface area contributed by atoms with E-state index in [1.54, 1.807) is 0 Å². The number of rotatable bonds is 11. The van der Waals surface area contributed by atoms with Crippen LogP contribution in [-0.4, -0.2) is 61.0 Å². The van der Waals surface area contributed by atoms with Crippen molar-refractivity contribution in [3.8, 4) is 5.75 Å². The Morgan fingerprint density at radius 1 is 0.818 bits per heavy atom. The SMILES string of the molecule is CCc1ccc(Cc2cc([C@@H]3O[C@H](COC(C)=O)[C@@H](OC(C)=O)[C@H](OC(C)=O)[C@H]3OC(C)=O)c(OC3CCC3)cc2Br)cc1. The summed E-state index contributed by atoms with van der Waals surface area (Å²) in [4.78, 5) is 48.7. The zero-order chi connectivity index (χ0) is 32.0. The number of ether oxygens (including phenoxy) is 6. The predicted octanol–water partition coefficient (Wildman–Crippen LogP) is 5.33. The van der Waals surface area contributed by atoms with Gasteiger partial charge in [0.25, 0.3) is 0 Å². The van der Waals surface area contributed by atoms with Crippen LogP contribution < -0.4 is 4.74 Å². The number of carbonyl (C=O) groups excluding carboxylic acids is 4. The summed E-state index contributed by atoms with van der Waals surface area (Å²) in [5.74, 6) is -2.10. The van der Waals surface area contributed by atoms with E-state index in [0.717, 1.165) is 41.3 Å². The summed E-state index contributed by atoms with van der Waals surface area (Å²) in [7, 11) is 0. The highest BCUT2D eigenvalue weighted by Gasteiger charge is 2.53. The maximum Gasteiger partial charge on any atom is 0.303 e. The summed E-state index contributed by atoms with van der Waals surface area (Å²) in [6.45, 7) is 6.66. The number of aryl methyl sites for hydroxylation is 1. The van der Waals surface area contributed by atoms with Gasteiger partial charge in [-0.25, -0.2) is 0 Å². The Morgan fingerprint density at radius 3 is 1.95 bits per heavy atom. The minimum absolute atomic E-state index is 0.00115. The first kappa shape index (κ1) is 33.5. The van der Waals surface area contributed by atoms with E-state index < -0.39 is 54.4 Å². The van der Waals surface area contributed by atoms with Gasteiger partial charge in [-0.3, -0.25) is 19.2 Å². The Hall–Kier alpha value is -3.44. The summed E-state index contributed by atoms with van der Waals surface area (Å²) < 4.78 is 36.0. The molecule has 0 radical (unpaired) electrons. The Morgan fingerprint density at radius 2 is 1.41 bits per heavy atom. The fraction of sp³-hybridized carbons (Fsp3) is 0.515. The quantitative estimate of drug-likeness (QED) is 0.228. The van der Waals surface area contributed by atoms with Crippen LogP contribution in [0.25, 0.3) is 0 Å². The molecule has 238 valence electrons. The van der Waals surface area contributed by atoms with Gasteiger partial charge in [0.1, 0.15) is 24.6 Å². The number of hydrogen-bond acceptors (Lipinski definition) is 10. The average Bonchev–Trinajstić information content (AvgIpc) is 2.93. The van der Waals surface area contributed by atoms with Crippen molar-refractivity contribution in [2.24, 2.45) is 0 Å². The molecule has 0 unspecified atom stereocenters. The molecule has 44 heavy (non-hydrogen) atoms. The number of benzene rings is 2. The fourth-order valence-corrected chi connectivity index (χ4v) is 5.80. The van der Waals surface area contributed by atoms with Crippen LogP contribution in [0.5, 0.6) is 5.75 Å². The van der Waals surface area contributed by atoms with E-state index in [-0.39, 0.29) is 12.7 Å². The highest BCUT2D eigenvalue weighted by Crippen LogP contribution is 2.44. The van der Waals surface area contributed by atoms with Gasteiger partial charge in [-0.15, -0.1) is 0 Å². The van der Waals surface area contributed by atoms with Crippen LogP contribution in [0, 0.1) is 0 Å². The maximum atomic E-state index is 12.4. The summed E-state index contributed by atoms with van der Waals surface area (Å²) in [5.41, 5.74) is 3.79. The van der Waals surface area contributed by atoms with Gasteiger partial charge in [-0.05, 0) is 60.9 Å². The first-order valence-corrected chi connectivity index (χ1v) is 15.6.